The van der Waals surface area contributed by atoms with Crippen molar-refractivity contribution in [3.63, 3.8) is 0 Å². The molecule has 0 heterocycles. The van der Waals surface area contributed by atoms with Crippen LogP contribution >= 0.6 is 0 Å². The highest BCUT2D eigenvalue weighted by Gasteiger charge is 1.99. The van der Waals surface area contributed by atoms with E-state index in [1.54, 1.807) is 0 Å². The molecule has 0 unspecified atom stereocenters. The second-order valence-corrected chi connectivity index (χ2v) is 4.68. The third-order valence-electron chi connectivity index (χ3n) is 3.09. The Morgan fingerprint density at radius 3 is 2.44 bits per heavy atom. The van der Waals surface area contributed by atoms with Crippen LogP contribution in [0.25, 0.3) is 16.3 Å². The van der Waals surface area contributed by atoms with Crippen molar-refractivity contribution in [1.82, 2.24) is 0 Å². The fourth-order valence-electron chi connectivity index (χ4n) is 1.98. The van der Waals surface area contributed by atoms with E-state index in [2.05, 4.69) is 62.6 Å². The number of benzene rings is 2. The van der Waals surface area contributed by atoms with E-state index >= 15 is 0 Å². The fourth-order valence-corrected chi connectivity index (χ4v) is 1.98. The maximum atomic E-state index is 4.11. The van der Waals surface area contributed by atoms with Gasteiger partial charge >= 0.3 is 0 Å². The van der Waals surface area contributed by atoms with Crippen LogP contribution in [-0.4, -0.2) is 0 Å². The molecule has 0 saturated heterocycles. The summed E-state index contributed by atoms with van der Waals surface area (Å²) in [6.07, 6.45) is 3.90. The summed E-state index contributed by atoms with van der Waals surface area (Å²) in [6.45, 7) is 12.0. The van der Waals surface area contributed by atoms with Crippen LogP contribution in [0, 0.1) is 6.92 Å². The first kappa shape index (κ1) is 12.4. The number of hydrogen-bond donors (Lipinski definition) is 0. The Balaban J connectivity index is 2.44. The van der Waals surface area contributed by atoms with E-state index in [0.717, 1.165) is 16.7 Å². The van der Waals surface area contributed by atoms with Gasteiger partial charge in [-0.25, -0.2) is 0 Å². The van der Waals surface area contributed by atoms with E-state index in [4.69, 9.17) is 0 Å². The first-order valence-corrected chi connectivity index (χ1v) is 6.10. The van der Waals surface area contributed by atoms with E-state index in [-0.39, 0.29) is 0 Å². The van der Waals surface area contributed by atoms with Gasteiger partial charge in [-0.05, 0) is 41.8 Å². The molecule has 0 bridgehead atoms. The molecule has 0 spiro atoms. The number of allylic oxidation sites excluding steroid dienone is 4. The summed E-state index contributed by atoms with van der Waals surface area (Å²) in [4.78, 5) is 0. The molecule has 0 saturated carbocycles. The first-order chi connectivity index (χ1) is 8.60. The van der Waals surface area contributed by atoms with Crippen LogP contribution in [-0.2, 0) is 0 Å². The average molecular weight is 234 g/mol. The van der Waals surface area contributed by atoms with Gasteiger partial charge in [-0.15, -0.1) is 0 Å². The summed E-state index contributed by atoms with van der Waals surface area (Å²) < 4.78 is 0. The molecule has 0 aliphatic heterocycles. The summed E-state index contributed by atoms with van der Waals surface area (Å²) in [5.41, 5.74) is 4.60. The molecule has 0 nitrogen and oxygen atoms in total. The fraction of sp³-hybridized carbons (Fsp3) is 0.111. The van der Waals surface area contributed by atoms with E-state index in [1.807, 2.05) is 13.0 Å². The number of aryl methyl sites for hydroxylation is 1. The zero-order chi connectivity index (χ0) is 13.1. The van der Waals surface area contributed by atoms with Crippen molar-refractivity contribution in [2.24, 2.45) is 0 Å². The van der Waals surface area contributed by atoms with Crippen LogP contribution in [0.2, 0.25) is 0 Å². The summed E-state index contributed by atoms with van der Waals surface area (Å²) >= 11 is 0. The van der Waals surface area contributed by atoms with Crippen molar-refractivity contribution in [3.8, 4) is 0 Å². The SMILES string of the molecule is C=C/C(C)=C\C(=C)c1ccc2cc(C)ccc2c1. The zero-order valence-electron chi connectivity index (χ0n) is 11.0. The second-order valence-electron chi connectivity index (χ2n) is 4.68. The molecule has 0 atom stereocenters. The smallest absolute Gasteiger partial charge is 0.0178 e. The van der Waals surface area contributed by atoms with Gasteiger partial charge in [0.15, 0.2) is 0 Å². The lowest BCUT2D eigenvalue weighted by molar-refractivity contribution is 1.50. The predicted octanol–water partition coefficient (Wildman–Crippen LogP) is 5.29. The maximum Gasteiger partial charge on any atom is -0.0178 e. The van der Waals surface area contributed by atoms with E-state index < -0.39 is 0 Å². The monoisotopic (exact) mass is 234 g/mol. The van der Waals surface area contributed by atoms with Gasteiger partial charge in [-0.1, -0.05) is 66.8 Å². The zero-order valence-corrected chi connectivity index (χ0v) is 11.0. The standard InChI is InChI=1S/C18H18/c1-5-13(2)10-15(4)16-8-9-17-11-14(3)6-7-18(17)12-16/h5-12H,1,4H2,2-3H3/b13-10-. The lowest BCUT2D eigenvalue weighted by Crippen LogP contribution is -1.82. The molecule has 2 aromatic rings. The van der Waals surface area contributed by atoms with Gasteiger partial charge < -0.3 is 0 Å². The van der Waals surface area contributed by atoms with Crippen molar-refractivity contribution in [3.05, 3.63) is 78.4 Å². The Kier molecular flexibility index (Phi) is 3.47. The average Bonchev–Trinajstić information content (AvgIpc) is 2.37. The molecule has 2 rings (SSSR count). The molecule has 2 aromatic carbocycles. The van der Waals surface area contributed by atoms with Gasteiger partial charge in [0.05, 0.1) is 0 Å². The highest BCUT2D eigenvalue weighted by molar-refractivity contribution is 5.88. The van der Waals surface area contributed by atoms with Crippen molar-refractivity contribution in [1.29, 1.82) is 0 Å². The Morgan fingerprint density at radius 1 is 1.06 bits per heavy atom. The van der Waals surface area contributed by atoms with Gasteiger partial charge in [0, 0.05) is 0 Å². The quantitative estimate of drug-likeness (QED) is 0.633. The lowest BCUT2D eigenvalue weighted by atomic mass is 10.00. The summed E-state index contributed by atoms with van der Waals surface area (Å²) in [7, 11) is 0. The molecule has 18 heavy (non-hydrogen) atoms. The van der Waals surface area contributed by atoms with Crippen molar-refractivity contribution < 1.29 is 0 Å². The molecule has 0 aliphatic carbocycles. The minimum atomic E-state index is 1.02. The number of fused-ring (bicyclic) bond motifs is 1. The Labute approximate surface area is 109 Å². The normalized spacial score (nSPS) is 11.6. The molecule has 0 fully saturated rings. The topological polar surface area (TPSA) is 0 Å². The van der Waals surface area contributed by atoms with Crippen LogP contribution in [0.1, 0.15) is 18.1 Å². The third kappa shape index (κ3) is 2.60. The minimum Gasteiger partial charge on any atom is -0.0988 e. The minimum absolute atomic E-state index is 1.02. The van der Waals surface area contributed by atoms with E-state index in [0.29, 0.717) is 0 Å². The summed E-state index contributed by atoms with van der Waals surface area (Å²) in [5.74, 6) is 0. The van der Waals surface area contributed by atoms with Crippen LogP contribution in [0.3, 0.4) is 0 Å². The molecular formula is C18H18. The molecular weight excluding hydrogens is 216 g/mol. The van der Waals surface area contributed by atoms with Gasteiger partial charge in [-0.3, -0.25) is 0 Å². The summed E-state index contributed by atoms with van der Waals surface area (Å²) in [6, 6.07) is 13.0. The molecule has 0 aliphatic rings. The number of rotatable bonds is 3. The van der Waals surface area contributed by atoms with Gasteiger partial charge in [-0.2, -0.15) is 0 Å². The Bertz CT molecular complexity index is 642. The van der Waals surface area contributed by atoms with Crippen LogP contribution in [0.4, 0.5) is 0 Å². The van der Waals surface area contributed by atoms with Gasteiger partial charge in [0.25, 0.3) is 0 Å². The molecule has 0 N–H and O–H groups in total. The maximum absolute atomic E-state index is 4.11. The molecule has 0 aromatic heterocycles. The van der Waals surface area contributed by atoms with Crippen molar-refractivity contribution >= 4 is 16.3 Å². The molecule has 0 radical (unpaired) electrons. The molecule has 0 heteroatoms. The largest absolute Gasteiger partial charge is 0.0988 e. The van der Waals surface area contributed by atoms with Gasteiger partial charge in [0.1, 0.15) is 0 Å². The molecule has 90 valence electrons. The van der Waals surface area contributed by atoms with Crippen LogP contribution in [0.15, 0.2) is 67.3 Å². The van der Waals surface area contributed by atoms with Crippen LogP contribution in [0.5, 0.6) is 0 Å². The van der Waals surface area contributed by atoms with E-state index in [9.17, 15) is 0 Å². The highest BCUT2D eigenvalue weighted by atomic mass is 14.0. The first-order valence-electron chi connectivity index (χ1n) is 6.10. The lowest BCUT2D eigenvalue weighted by Gasteiger charge is -2.05. The van der Waals surface area contributed by atoms with Gasteiger partial charge in [0.2, 0.25) is 0 Å². The highest BCUT2D eigenvalue weighted by Crippen LogP contribution is 2.22. The second kappa shape index (κ2) is 5.05. The number of hydrogen-bond acceptors (Lipinski definition) is 0. The molecule has 0 amide bonds. The van der Waals surface area contributed by atoms with Crippen LogP contribution < -0.4 is 0 Å². The summed E-state index contributed by atoms with van der Waals surface area (Å²) in [5, 5.41) is 2.53. The predicted molar refractivity (Wildman–Crippen MR) is 81.7 cm³/mol. The van der Waals surface area contributed by atoms with E-state index in [1.165, 1.54) is 16.3 Å². The van der Waals surface area contributed by atoms with Crippen molar-refractivity contribution in [2.45, 2.75) is 13.8 Å². The Hall–Kier alpha value is -2.08. The Morgan fingerprint density at radius 2 is 1.72 bits per heavy atom. The third-order valence-corrected chi connectivity index (χ3v) is 3.09. The van der Waals surface area contributed by atoms with Crippen molar-refractivity contribution in [2.75, 3.05) is 0 Å².